The van der Waals surface area contributed by atoms with Gasteiger partial charge in [0.25, 0.3) is 0 Å². The molecule has 130 valence electrons. The van der Waals surface area contributed by atoms with E-state index in [1.54, 1.807) is 0 Å². The van der Waals surface area contributed by atoms with Crippen molar-refractivity contribution in [3.05, 3.63) is 52.5 Å². The van der Waals surface area contributed by atoms with E-state index < -0.39 is 0 Å². The summed E-state index contributed by atoms with van der Waals surface area (Å²) in [5, 5.41) is 4.17. The number of benzene rings is 2. The zero-order valence-corrected chi connectivity index (χ0v) is 15.3. The molecule has 2 aliphatic rings. The molecular weight excluding hydrogens is 334 g/mol. The van der Waals surface area contributed by atoms with Crippen LogP contribution in [0, 0.1) is 5.92 Å². The lowest BCUT2D eigenvalue weighted by Gasteiger charge is -2.31. The summed E-state index contributed by atoms with van der Waals surface area (Å²) in [6.45, 7) is 5.99. The molecule has 1 atom stereocenters. The van der Waals surface area contributed by atoms with Crippen LogP contribution in [0.2, 0.25) is 5.02 Å². The van der Waals surface area contributed by atoms with E-state index in [0.29, 0.717) is 12.5 Å². The highest BCUT2D eigenvalue weighted by atomic mass is 35.5. The molecule has 0 aliphatic carbocycles. The van der Waals surface area contributed by atoms with Crippen LogP contribution in [0.15, 0.2) is 36.4 Å². The molecular formula is C21H22ClNO2. The van der Waals surface area contributed by atoms with Gasteiger partial charge in [0.15, 0.2) is 11.5 Å². The van der Waals surface area contributed by atoms with E-state index in [1.165, 1.54) is 5.57 Å². The van der Waals surface area contributed by atoms with Crippen LogP contribution in [0.3, 0.4) is 0 Å². The molecule has 2 aromatic rings. The molecule has 4 rings (SSSR count). The molecule has 0 fully saturated rings. The summed E-state index contributed by atoms with van der Waals surface area (Å²) in [4.78, 5) is 0. The molecule has 0 spiro atoms. The maximum Gasteiger partial charge on any atom is 0.184 e. The van der Waals surface area contributed by atoms with Crippen molar-refractivity contribution in [1.29, 1.82) is 0 Å². The van der Waals surface area contributed by atoms with Crippen LogP contribution in [0.25, 0.3) is 11.6 Å². The fraction of sp³-hybridized carbons (Fsp3) is 0.333. The molecule has 2 aliphatic heterocycles. The van der Waals surface area contributed by atoms with Gasteiger partial charge in [-0.1, -0.05) is 37.6 Å². The van der Waals surface area contributed by atoms with Crippen molar-refractivity contribution in [2.45, 2.75) is 26.4 Å². The maximum absolute atomic E-state index is 6.48. The SMILES string of the molecule is CC(C)C1Oc2c(ccc3c2OCCCN3)C=C1c1ccc(Cl)cc1. The molecule has 0 aromatic heterocycles. The largest absolute Gasteiger partial charge is 0.488 e. The fourth-order valence-electron chi connectivity index (χ4n) is 3.39. The van der Waals surface area contributed by atoms with Gasteiger partial charge >= 0.3 is 0 Å². The standard InChI is InChI=1S/C21H22ClNO2/c1-13(2)19-17(14-4-7-16(22)8-5-14)12-15-6-9-18-21(20(15)25-19)24-11-3-10-23-18/h4-9,12-13,19,23H,3,10-11H2,1-2H3. The molecule has 0 bridgehead atoms. The summed E-state index contributed by atoms with van der Waals surface area (Å²) in [5.41, 5.74) is 4.40. The van der Waals surface area contributed by atoms with Gasteiger partial charge in [-0.25, -0.2) is 0 Å². The predicted octanol–water partition coefficient (Wildman–Crippen LogP) is 5.49. The Morgan fingerprint density at radius 1 is 1.08 bits per heavy atom. The van der Waals surface area contributed by atoms with E-state index in [9.17, 15) is 0 Å². The molecule has 2 aromatic carbocycles. The molecule has 2 heterocycles. The number of ether oxygens (including phenoxy) is 2. The lowest BCUT2D eigenvalue weighted by Crippen LogP contribution is -2.27. The monoisotopic (exact) mass is 355 g/mol. The highest BCUT2D eigenvalue weighted by Crippen LogP contribution is 2.46. The first-order chi connectivity index (χ1) is 12.1. The van der Waals surface area contributed by atoms with E-state index in [-0.39, 0.29) is 6.10 Å². The lowest BCUT2D eigenvalue weighted by molar-refractivity contribution is 0.191. The maximum atomic E-state index is 6.48. The normalized spacial score (nSPS) is 18.9. The van der Waals surface area contributed by atoms with Crippen LogP contribution >= 0.6 is 11.6 Å². The number of halogens is 1. The van der Waals surface area contributed by atoms with Crippen LogP contribution < -0.4 is 14.8 Å². The molecule has 1 N–H and O–H groups in total. The van der Waals surface area contributed by atoms with Crippen LogP contribution in [-0.4, -0.2) is 19.3 Å². The third kappa shape index (κ3) is 3.09. The third-order valence-electron chi connectivity index (χ3n) is 4.67. The van der Waals surface area contributed by atoms with E-state index in [0.717, 1.165) is 46.3 Å². The molecule has 25 heavy (non-hydrogen) atoms. The van der Waals surface area contributed by atoms with Crippen molar-refractivity contribution in [2.24, 2.45) is 5.92 Å². The van der Waals surface area contributed by atoms with Gasteiger partial charge < -0.3 is 14.8 Å². The van der Waals surface area contributed by atoms with Gasteiger partial charge in [-0.05, 0) is 48.2 Å². The Hall–Kier alpha value is -2.13. The van der Waals surface area contributed by atoms with Crippen molar-refractivity contribution < 1.29 is 9.47 Å². The van der Waals surface area contributed by atoms with Crippen LogP contribution in [0.1, 0.15) is 31.4 Å². The van der Waals surface area contributed by atoms with Crippen molar-refractivity contribution in [1.82, 2.24) is 0 Å². The highest BCUT2D eigenvalue weighted by Gasteiger charge is 2.30. The molecule has 0 saturated heterocycles. The van der Waals surface area contributed by atoms with Gasteiger partial charge in [-0.15, -0.1) is 0 Å². The van der Waals surface area contributed by atoms with Crippen molar-refractivity contribution in [3.8, 4) is 11.5 Å². The summed E-state index contributed by atoms with van der Waals surface area (Å²) in [6.07, 6.45) is 3.19. The van der Waals surface area contributed by atoms with Gasteiger partial charge in [0, 0.05) is 22.7 Å². The van der Waals surface area contributed by atoms with E-state index in [1.807, 2.05) is 12.1 Å². The molecule has 0 amide bonds. The van der Waals surface area contributed by atoms with Gasteiger partial charge in [0.2, 0.25) is 0 Å². The molecule has 1 unspecified atom stereocenters. The van der Waals surface area contributed by atoms with Gasteiger partial charge in [0.05, 0.1) is 12.3 Å². The second-order valence-electron chi connectivity index (χ2n) is 6.88. The number of hydrogen-bond donors (Lipinski definition) is 1. The van der Waals surface area contributed by atoms with Crippen LogP contribution in [0.5, 0.6) is 11.5 Å². The first kappa shape index (κ1) is 16.3. The zero-order chi connectivity index (χ0) is 17.4. The second-order valence-corrected chi connectivity index (χ2v) is 7.31. The first-order valence-corrected chi connectivity index (χ1v) is 9.19. The summed E-state index contributed by atoms with van der Waals surface area (Å²) in [5.74, 6) is 2.03. The van der Waals surface area contributed by atoms with Crippen molar-refractivity contribution in [2.75, 3.05) is 18.5 Å². The first-order valence-electron chi connectivity index (χ1n) is 8.81. The number of hydrogen-bond acceptors (Lipinski definition) is 3. The van der Waals surface area contributed by atoms with Crippen LogP contribution in [0.4, 0.5) is 5.69 Å². The second kappa shape index (κ2) is 6.64. The number of rotatable bonds is 2. The summed E-state index contributed by atoms with van der Waals surface area (Å²) < 4.78 is 12.5. The predicted molar refractivity (Wildman–Crippen MR) is 104 cm³/mol. The Balaban J connectivity index is 1.83. The molecule has 3 nitrogen and oxygen atoms in total. The number of nitrogens with one attached hydrogen (secondary N) is 1. The molecule has 0 radical (unpaired) electrons. The van der Waals surface area contributed by atoms with E-state index in [4.69, 9.17) is 21.1 Å². The Bertz CT molecular complexity index is 811. The minimum atomic E-state index is -0.0213. The topological polar surface area (TPSA) is 30.5 Å². The number of anilines is 1. The summed E-state index contributed by atoms with van der Waals surface area (Å²) in [7, 11) is 0. The zero-order valence-electron chi connectivity index (χ0n) is 14.5. The fourth-order valence-corrected chi connectivity index (χ4v) is 3.52. The lowest BCUT2D eigenvalue weighted by atomic mass is 9.89. The van der Waals surface area contributed by atoms with Gasteiger partial charge in [-0.3, -0.25) is 0 Å². The van der Waals surface area contributed by atoms with Gasteiger partial charge in [-0.2, -0.15) is 0 Å². The Labute approximate surface area is 153 Å². The Kier molecular flexibility index (Phi) is 4.34. The highest BCUT2D eigenvalue weighted by molar-refractivity contribution is 6.30. The van der Waals surface area contributed by atoms with Crippen LogP contribution in [-0.2, 0) is 0 Å². The average Bonchev–Trinajstić information content (AvgIpc) is 2.86. The van der Waals surface area contributed by atoms with Crippen molar-refractivity contribution >= 4 is 28.9 Å². The average molecular weight is 356 g/mol. The molecule has 4 heteroatoms. The quantitative estimate of drug-likeness (QED) is 0.772. The summed E-state index contributed by atoms with van der Waals surface area (Å²) in [6, 6.07) is 12.1. The third-order valence-corrected chi connectivity index (χ3v) is 4.92. The van der Waals surface area contributed by atoms with E-state index >= 15 is 0 Å². The Morgan fingerprint density at radius 2 is 1.88 bits per heavy atom. The van der Waals surface area contributed by atoms with Gasteiger partial charge in [0.1, 0.15) is 6.10 Å². The minimum Gasteiger partial charge on any atom is -0.488 e. The molecule has 0 saturated carbocycles. The van der Waals surface area contributed by atoms with Crippen molar-refractivity contribution in [3.63, 3.8) is 0 Å². The minimum absolute atomic E-state index is 0.0213. The summed E-state index contributed by atoms with van der Waals surface area (Å²) >= 11 is 6.05. The Morgan fingerprint density at radius 3 is 2.64 bits per heavy atom. The number of fused-ring (bicyclic) bond motifs is 3. The van der Waals surface area contributed by atoms with E-state index in [2.05, 4.69) is 49.5 Å². The smallest absolute Gasteiger partial charge is 0.184 e.